The van der Waals surface area contributed by atoms with E-state index in [1.807, 2.05) is 0 Å². The quantitative estimate of drug-likeness (QED) is 0.918. The molecular weight excluding hydrogens is 314 g/mol. The van der Waals surface area contributed by atoms with Crippen LogP contribution < -0.4 is 5.32 Å². The van der Waals surface area contributed by atoms with Gasteiger partial charge < -0.3 is 5.32 Å². The molecule has 0 fully saturated rings. The predicted molar refractivity (Wildman–Crippen MR) is 72.5 cm³/mol. The molecule has 0 radical (unpaired) electrons. The first-order valence-corrected chi connectivity index (χ1v) is 6.27. The summed E-state index contributed by atoms with van der Waals surface area (Å²) in [6, 6.07) is 10.6. The first kappa shape index (κ1) is 13.5. The lowest BCUT2D eigenvalue weighted by Crippen LogP contribution is -2.03. The average Bonchev–Trinajstić information content (AvgIpc) is 2.35. The van der Waals surface area contributed by atoms with Crippen molar-refractivity contribution in [2.45, 2.75) is 6.54 Å². The van der Waals surface area contributed by atoms with Crippen LogP contribution in [0.3, 0.4) is 0 Å². The van der Waals surface area contributed by atoms with Crippen molar-refractivity contribution in [2.24, 2.45) is 0 Å². The molecule has 0 spiro atoms. The highest BCUT2D eigenvalue weighted by atomic mass is 79.9. The number of nitrogens with one attached hydrogen (secondary N) is 1. The Labute approximate surface area is 117 Å². The van der Waals surface area contributed by atoms with Gasteiger partial charge in [-0.1, -0.05) is 22.0 Å². The van der Waals surface area contributed by atoms with Gasteiger partial charge in [0.2, 0.25) is 0 Å². The molecule has 5 heteroatoms. The molecule has 96 valence electrons. The highest BCUT2D eigenvalue weighted by molar-refractivity contribution is 9.10. The number of nitriles is 1. The maximum absolute atomic E-state index is 13.4. The number of hydrogen-bond acceptors (Lipinski definition) is 2. The Balaban J connectivity index is 2.19. The van der Waals surface area contributed by atoms with Gasteiger partial charge in [0.1, 0.15) is 23.3 Å². The molecule has 2 rings (SSSR count). The average molecular weight is 323 g/mol. The van der Waals surface area contributed by atoms with E-state index in [0.29, 0.717) is 22.3 Å². The maximum Gasteiger partial charge on any atom is 0.143 e. The van der Waals surface area contributed by atoms with Gasteiger partial charge in [-0.05, 0) is 35.9 Å². The SMILES string of the molecule is N#Cc1c(F)cccc1NCc1cc(F)cc(Br)c1. The second-order valence-electron chi connectivity index (χ2n) is 3.91. The Morgan fingerprint density at radius 2 is 2.00 bits per heavy atom. The second kappa shape index (κ2) is 5.81. The van der Waals surface area contributed by atoms with Crippen LogP contribution in [-0.4, -0.2) is 0 Å². The Bertz CT molecular complexity index is 630. The molecule has 1 N–H and O–H groups in total. The van der Waals surface area contributed by atoms with Crippen molar-refractivity contribution < 1.29 is 8.78 Å². The molecule has 0 aliphatic rings. The van der Waals surface area contributed by atoms with Gasteiger partial charge >= 0.3 is 0 Å². The van der Waals surface area contributed by atoms with Crippen molar-refractivity contribution in [3.63, 3.8) is 0 Å². The van der Waals surface area contributed by atoms with E-state index in [2.05, 4.69) is 21.2 Å². The van der Waals surface area contributed by atoms with Crippen LogP contribution in [0.15, 0.2) is 40.9 Å². The van der Waals surface area contributed by atoms with E-state index in [1.54, 1.807) is 18.2 Å². The van der Waals surface area contributed by atoms with Gasteiger partial charge in [0, 0.05) is 11.0 Å². The fourth-order valence-electron chi connectivity index (χ4n) is 1.70. The van der Waals surface area contributed by atoms with Gasteiger partial charge in [-0.25, -0.2) is 8.78 Å². The largest absolute Gasteiger partial charge is 0.380 e. The lowest BCUT2D eigenvalue weighted by atomic mass is 10.1. The Hall–Kier alpha value is -1.93. The molecule has 19 heavy (non-hydrogen) atoms. The summed E-state index contributed by atoms with van der Waals surface area (Å²) >= 11 is 3.20. The summed E-state index contributed by atoms with van der Waals surface area (Å²) in [4.78, 5) is 0. The van der Waals surface area contributed by atoms with Crippen molar-refractivity contribution in [3.05, 3.63) is 63.6 Å². The monoisotopic (exact) mass is 322 g/mol. The molecular formula is C14H9BrF2N2. The zero-order chi connectivity index (χ0) is 13.8. The van der Waals surface area contributed by atoms with E-state index in [9.17, 15) is 8.78 Å². The highest BCUT2D eigenvalue weighted by Gasteiger charge is 2.07. The summed E-state index contributed by atoms with van der Waals surface area (Å²) in [5.74, 6) is -0.932. The molecule has 0 saturated heterocycles. The Morgan fingerprint density at radius 1 is 1.21 bits per heavy atom. The van der Waals surface area contributed by atoms with Crippen molar-refractivity contribution in [2.75, 3.05) is 5.32 Å². The van der Waals surface area contributed by atoms with E-state index in [0.717, 1.165) is 0 Å². The number of anilines is 1. The maximum atomic E-state index is 13.4. The normalized spacial score (nSPS) is 10.0. The first-order chi connectivity index (χ1) is 9.10. The molecule has 0 bridgehead atoms. The summed E-state index contributed by atoms with van der Waals surface area (Å²) in [6.07, 6.45) is 0. The van der Waals surface area contributed by atoms with Crippen LogP contribution in [0.2, 0.25) is 0 Å². The molecule has 0 saturated carbocycles. The molecule has 0 aliphatic carbocycles. The zero-order valence-corrected chi connectivity index (χ0v) is 11.3. The standard InChI is InChI=1S/C14H9BrF2N2/c15-10-4-9(5-11(16)6-10)8-19-14-3-1-2-13(17)12(14)7-18/h1-6,19H,8H2. The van der Waals surface area contributed by atoms with Crippen molar-refractivity contribution >= 4 is 21.6 Å². The number of rotatable bonds is 3. The van der Waals surface area contributed by atoms with Crippen molar-refractivity contribution in [1.82, 2.24) is 0 Å². The van der Waals surface area contributed by atoms with Gasteiger partial charge in [-0.2, -0.15) is 5.26 Å². The molecule has 2 aromatic carbocycles. The summed E-state index contributed by atoms with van der Waals surface area (Å²) in [5.41, 5.74) is 1.04. The van der Waals surface area contributed by atoms with Crippen molar-refractivity contribution in [3.8, 4) is 6.07 Å². The van der Waals surface area contributed by atoms with E-state index in [1.165, 1.54) is 24.3 Å². The van der Waals surface area contributed by atoms with Crippen LogP contribution in [0, 0.1) is 23.0 Å². The van der Waals surface area contributed by atoms with E-state index in [4.69, 9.17) is 5.26 Å². The Kier molecular flexibility index (Phi) is 4.13. The second-order valence-corrected chi connectivity index (χ2v) is 4.82. The van der Waals surface area contributed by atoms with E-state index in [-0.39, 0.29) is 11.4 Å². The van der Waals surface area contributed by atoms with Crippen LogP contribution in [0.1, 0.15) is 11.1 Å². The fourth-order valence-corrected chi connectivity index (χ4v) is 2.21. The predicted octanol–water partition coefficient (Wildman–Crippen LogP) is 4.21. The molecule has 0 unspecified atom stereocenters. The van der Waals surface area contributed by atoms with Crippen molar-refractivity contribution in [1.29, 1.82) is 5.26 Å². The smallest absolute Gasteiger partial charge is 0.143 e. The van der Waals surface area contributed by atoms with Gasteiger partial charge in [-0.15, -0.1) is 0 Å². The first-order valence-electron chi connectivity index (χ1n) is 5.47. The summed E-state index contributed by atoms with van der Waals surface area (Å²) < 4.78 is 27.2. The third kappa shape index (κ3) is 3.30. The lowest BCUT2D eigenvalue weighted by molar-refractivity contribution is 0.623. The van der Waals surface area contributed by atoms with Gasteiger partial charge in [0.25, 0.3) is 0 Å². The number of halogens is 3. The molecule has 0 heterocycles. The third-order valence-electron chi connectivity index (χ3n) is 2.53. The van der Waals surface area contributed by atoms with Crippen LogP contribution in [0.4, 0.5) is 14.5 Å². The summed E-state index contributed by atoms with van der Waals surface area (Å²) in [6.45, 7) is 0.300. The lowest BCUT2D eigenvalue weighted by Gasteiger charge is -2.09. The van der Waals surface area contributed by atoms with Gasteiger partial charge in [-0.3, -0.25) is 0 Å². The summed E-state index contributed by atoms with van der Waals surface area (Å²) in [5, 5.41) is 11.8. The highest BCUT2D eigenvalue weighted by Crippen LogP contribution is 2.20. The molecule has 2 nitrogen and oxygen atoms in total. The molecule has 0 aromatic heterocycles. The molecule has 2 aromatic rings. The van der Waals surface area contributed by atoms with E-state index >= 15 is 0 Å². The zero-order valence-electron chi connectivity index (χ0n) is 9.75. The van der Waals surface area contributed by atoms with Crippen LogP contribution >= 0.6 is 15.9 Å². The van der Waals surface area contributed by atoms with Crippen LogP contribution in [0.5, 0.6) is 0 Å². The van der Waals surface area contributed by atoms with E-state index < -0.39 is 5.82 Å². The minimum Gasteiger partial charge on any atom is -0.380 e. The van der Waals surface area contributed by atoms with Crippen LogP contribution in [-0.2, 0) is 6.54 Å². The molecule has 0 amide bonds. The number of nitrogens with zero attached hydrogens (tertiary/aromatic N) is 1. The summed E-state index contributed by atoms with van der Waals surface area (Å²) in [7, 11) is 0. The van der Waals surface area contributed by atoms with Gasteiger partial charge in [0.15, 0.2) is 0 Å². The van der Waals surface area contributed by atoms with Crippen LogP contribution in [0.25, 0.3) is 0 Å². The fraction of sp³-hybridized carbons (Fsp3) is 0.0714. The molecule has 0 atom stereocenters. The minimum absolute atomic E-state index is 0.0435. The van der Waals surface area contributed by atoms with Gasteiger partial charge in [0.05, 0.1) is 5.69 Å². The topological polar surface area (TPSA) is 35.8 Å². The third-order valence-corrected chi connectivity index (χ3v) is 2.99. The Morgan fingerprint density at radius 3 is 2.68 bits per heavy atom. The minimum atomic E-state index is -0.576. The molecule has 0 aliphatic heterocycles. The number of benzene rings is 2. The number of hydrogen-bond donors (Lipinski definition) is 1.